The van der Waals surface area contributed by atoms with Crippen LogP contribution in [-0.2, 0) is 19.1 Å². The normalized spacial score (nSPS) is 16.5. The summed E-state index contributed by atoms with van der Waals surface area (Å²) in [6, 6.07) is 7.71. The van der Waals surface area contributed by atoms with Gasteiger partial charge in [0.05, 0.1) is 18.2 Å². The number of amides is 4. The number of unbranched alkanes of at least 4 members (excludes halogenated alkanes) is 1. The molecule has 5 rings (SSSR count). The average Bonchev–Trinajstić information content (AvgIpc) is 3.62. The van der Waals surface area contributed by atoms with Crippen LogP contribution in [0.3, 0.4) is 0 Å². The second kappa shape index (κ2) is 17.1. The van der Waals surface area contributed by atoms with E-state index in [2.05, 4.69) is 15.3 Å². The van der Waals surface area contributed by atoms with E-state index in [-0.39, 0.29) is 69.0 Å². The molecule has 4 heterocycles. The number of benzene rings is 1. The van der Waals surface area contributed by atoms with Crippen molar-refractivity contribution in [1.29, 1.82) is 0 Å². The summed E-state index contributed by atoms with van der Waals surface area (Å²) < 4.78 is 11.4. The summed E-state index contributed by atoms with van der Waals surface area (Å²) in [7, 11) is 0. The molecule has 0 bridgehead atoms. The van der Waals surface area contributed by atoms with E-state index in [1.54, 1.807) is 23.4 Å². The lowest BCUT2D eigenvalue weighted by Gasteiger charge is -2.36. The van der Waals surface area contributed by atoms with Gasteiger partial charge in [0.2, 0.25) is 5.91 Å². The molecule has 272 valence electrons. The zero-order valence-electron chi connectivity index (χ0n) is 29.4. The lowest BCUT2D eigenvalue weighted by Crippen LogP contribution is -2.56. The van der Waals surface area contributed by atoms with E-state index in [1.165, 1.54) is 15.9 Å². The quantitative estimate of drug-likeness (QED) is 0.248. The molecule has 51 heavy (non-hydrogen) atoms. The number of fused-ring (bicyclic) bond motifs is 1. The highest BCUT2D eigenvalue weighted by atomic mass is 16.6. The van der Waals surface area contributed by atoms with Crippen molar-refractivity contribution in [3.63, 3.8) is 0 Å². The number of aryl methyl sites for hydroxylation is 2. The summed E-state index contributed by atoms with van der Waals surface area (Å²) in [4.78, 5) is 78.4. The van der Waals surface area contributed by atoms with Crippen molar-refractivity contribution < 1.29 is 38.6 Å². The largest absolute Gasteiger partial charge is 0.483 e. The first kappa shape index (κ1) is 37.0. The molecular formula is C37H46N6O8. The lowest BCUT2D eigenvalue weighted by molar-refractivity contribution is -0.138. The summed E-state index contributed by atoms with van der Waals surface area (Å²) in [5, 5.41) is 12.7. The highest BCUT2D eigenvalue weighted by Gasteiger charge is 2.33. The van der Waals surface area contributed by atoms with Gasteiger partial charge in [-0.1, -0.05) is 25.5 Å². The first-order chi connectivity index (χ1) is 24.5. The van der Waals surface area contributed by atoms with Crippen LogP contribution in [0.5, 0.6) is 5.75 Å². The molecule has 2 saturated heterocycles. The number of likely N-dealkylation sites (tertiary alicyclic amines) is 1. The number of pyridine rings is 2. The molecule has 4 amide bonds. The van der Waals surface area contributed by atoms with E-state index in [1.807, 2.05) is 39.0 Å². The maximum Gasteiger partial charge on any atom is 0.409 e. The van der Waals surface area contributed by atoms with Gasteiger partial charge in [-0.2, -0.15) is 0 Å². The van der Waals surface area contributed by atoms with Gasteiger partial charge in [-0.3, -0.25) is 24.2 Å². The van der Waals surface area contributed by atoms with Crippen molar-refractivity contribution in [2.24, 2.45) is 0 Å². The summed E-state index contributed by atoms with van der Waals surface area (Å²) >= 11 is 0. The van der Waals surface area contributed by atoms with Crippen LogP contribution in [0.1, 0.15) is 78.7 Å². The third-order valence-electron chi connectivity index (χ3n) is 9.19. The van der Waals surface area contributed by atoms with E-state index in [0.717, 1.165) is 42.4 Å². The van der Waals surface area contributed by atoms with Crippen LogP contribution in [0.4, 0.5) is 4.79 Å². The fourth-order valence-electron chi connectivity index (χ4n) is 6.42. The third kappa shape index (κ3) is 9.50. The zero-order valence-corrected chi connectivity index (χ0v) is 29.4. The number of carboxylic acid groups (broad SMARTS) is 1. The number of aliphatic carboxylic acids is 1. The standard InChI is InChI=1S/C37H46N6O8/c1-4-5-17-50-37(49)42-15-13-41(14-16-42)36(48)28(10-11-34(45)46)40-35(47)30-20-32(27-9-8-24(2)19-29(27)39-30)51-23-33(44)43-12-6-7-31(43)26-18-25(3)21-38-22-26/h8-9,18-22,28,31H,4-7,10-17,23H2,1-3H3,(H,40,47)(H,45,46). The summed E-state index contributed by atoms with van der Waals surface area (Å²) in [6.07, 6.45) is 5.97. The highest BCUT2D eigenvalue weighted by Crippen LogP contribution is 2.33. The number of carboxylic acids is 1. The Bertz CT molecular complexity index is 1760. The van der Waals surface area contributed by atoms with Gasteiger partial charge in [0, 0.05) is 63.0 Å². The van der Waals surface area contributed by atoms with Crippen molar-refractivity contribution in [2.45, 2.75) is 71.4 Å². The van der Waals surface area contributed by atoms with E-state index in [0.29, 0.717) is 24.1 Å². The predicted octanol–water partition coefficient (Wildman–Crippen LogP) is 4.03. The summed E-state index contributed by atoms with van der Waals surface area (Å²) in [6.45, 7) is 7.42. The van der Waals surface area contributed by atoms with E-state index < -0.39 is 29.9 Å². The molecule has 2 fully saturated rings. The maximum absolute atomic E-state index is 13.7. The predicted molar refractivity (Wildman–Crippen MR) is 187 cm³/mol. The van der Waals surface area contributed by atoms with Gasteiger partial charge in [0.15, 0.2) is 6.61 Å². The topological polar surface area (TPSA) is 172 Å². The Kier molecular flexibility index (Phi) is 12.4. The number of piperazine rings is 1. The first-order valence-corrected chi connectivity index (χ1v) is 17.5. The monoisotopic (exact) mass is 702 g/mol. The third-order valence-corrected chi connectivity index (χ3v) is 9.19. The van der Waals surface area contributed by atoms with Crippen LogP contribution in [0.15, 0.2) is 42.7 Å². The van der Waals surface area contributed by atoms with Gasteiger partial charge >= 0.3 is 12.1 Å². The van der Waals surface area contributed by atoms with Gasteiger partial charge in [-0.25, -0.2) is 9.78 Å². The number of aromatic nitrogens is 2. The van der Waals surface area contributed by atoms with Crippen LogP contribution in [0.25, 0.3) is 10.9 Å². The van der Waals surface area contributed by atoms with Crippen molar-refractivity contribution in [1.82, 2.24) is 30.0 Å². The zero-order chi connectivity index (χ0) is 36.5. The molecule has 2 aliphatic heterocycles. The van der Waals surface area contributed by atoms with E-state index in [4.69, 9.17) is 9.47 Å². The van der Waals surface area contributed by atoms with Crippen LogP contribution >= 0.6 is 0 Å². The molecule has 2 aromatic heterocycles. The van der Waals surface area contributed by atoms with Crippen LogP contribution < -0.4 is 10.1 Å². The van der Waals surface area contributed by atoms with Crippen molar-refractivity contribution in [3.05, 3.63) is 65.1 Å². The van der Waals surface area contributed by atoms with Gasteiger partial charge in [0.25, 0.3) is 11.8 Å². The Labute approximate surface area is 297 Å². The molecular weight excluding hydrogens is 656 g/mol. The highest BCUT2D eigenvalue weighted by molar-refractivity contribution is 5.99. The van der Waals surface area contributed by atoms with Gasteiger partial charge in [-0.05, 0) is 68.4 Å². The fourth-order valence-corrected chi connectivity index (χ4v) is 6.42. The number of nitrogens with zero attached hydrogens (tertiary/aromatic N) is 5. The van der Waals surface area contributed by atoms with Gasteiger partial charge in [-0.15, -0.1) is 0 Å². The molecule has 2 N–H and O–H groups in total. The number of carbonyl (C=O) groups excluding carboxylic acids is 4. The number of hydrogen-bond donors (Lipinski definition) is 2. The summed E-state index contributed by atoms with van der Waals surface area (Å²) in [5.74, 6) is -2.17. The average molecular weight is 703 g/mol. The molecule has 3 aromatic rings. The Balaban J connectivity index is 1.30. The van der Waals surface area contributed by atoms with Crippen molar-refractivity contribution in [3.8, 4) is 5.75 Å². The minimum atomic E-state index is -1.15. The molecule has 0 saturated carbocycles. The number of carbonyl (C=O) groups is 5. The molecule has 2 unspecified atom stereocenters. The van der Waals surface area contributed by atoms with E-state index >= 15 is 0 Å². The Hall–Kier alpha value is -5.27. The van der Waals surface area contributed by atoms with E-state index in [9.17, 15) is 29.1 Å². The number of ether oxygens (including phenoxy) is 2. The molecule has 0 spiro atoms. The Morgan fingerprint density at radius 2 is 1.75 bits per heavy atom. The molecule has 1 aromatic carbocycles. The fraction of sp³-hybridized carbons (Fsp3) is 0.486. The molecule has 0 radical (unpaired) electrons. The number of rotatable bonds is 13. The van der Waals surface area contributed by atoms with Crippen molar-refractivity contribution in [2.75, 3.05) is 45.9 Å². The summed E-state index contributed by atoms with van der Waals surface area (Å²) in [5.41, 5.74) is 3.30. The molecule has 14 heteroatoms. The SMILES string of the molecule is CCCCOC(=O)N1CCN(C(=O)C(CCC(=O)O)NC(=O)c2cc(OCC(=O)N3CCCC3c3cncc(C)c3)c3ccc(C)cc3n2)CC1. The number of nitrogens with one attached hydrogen (secondary N) is 1. The van der Waals surface area contributed by atoms with Crippen molar-refractivity contribution >= 4 is 40.7 Å². The lowest BCUT2D eigenvalue weighted by atomic mass is 10.1. The second-order valence-corrected chi connectivity index (χ2v) is 13.1. The van der Waals surface area contributed by atoms with Gasteiger partial charge < -0.3 is 34.6 Å². The maximum atomic E-state index is 13.7. The van der Waals surface area contributed by atoms with Crippen LogP contribution in [0.2, 0.25) is 0 Å². The first-order valence-electron chi connectivity index (χ1n) is 17.5. The minimum Gasteiger partial charge on any atom is -0.483 e. The van der Waals surface area contributed by atoms with Crippen LogP contribution in [-0.4, -0.2) is 112 Å². The molecule has 14 nitrogen and oxygen atoms in total. The smallest absolute Gasteiger partial charge is 0.409 e. The second-order valence-electron chi connectivity index (χ2n) is 13.1. The van der Waals surface area contributed by atoms with Gasteiger partial charge in [0.1, 0.15) is 17.5 Å². The minimum absolute atomic E-state index is 0.0480. The molecule has 2 atom stereocenters. The Morgan fingerprint density at radius 3 is 2.47 bits per heavy atom. The Morgan fingerprint density at radius 1 is 0.980 bits per heavy atom. The van der Waals surface area contributed by atoms with Crippen LogP contribution in [0, 0.1) is 13.8 Å². The number of hydrogen-bond acceptors (Lipinski definition) is 9. The molecule has 2 aliphatic rings. The molecule has 0 aliphatic carbocycles.